The predicted octanol–water partition coefficient (Wildman–Crippen LogP) is 2.10. The first kappa shape index (κ1) is 20.3. The molecule has 152 valence electrons. The number of hydrogen-bond donors (Lipinski definition) is 4. The van der Waals surface area contributed by atoms with Crippen LogP contribution in [-0.4, -0.2) is 34.4 Å². The Balaban J connectivity index is 1.66. The number of anilines is 1. The molecule has 0 atom stereocenters. The zero-order valence-corrected chi connectivity index (χ0v) is 15.9. The second-order valence-electron chi connectivity index (χ2n) is 7.01. The molecule has 1 aliphatic rings. The molecular weight excluding hydrogens is 374 g/mol. The number of carboxylic acids is 1. The van der Waals surface area contributed by atoms with E-state index in [0.29, 0.717) is 11.3 Å². The first-order chi connectivity index (χ1) is 13.9. The van der Waals surface area contributed by atoms with E-state index in [4.69, 9.17) is 5.11 Å². The van der Waals surface area contributed by atoms with Crippen LogP contribution in [-0.2, 0) is 17.6 Å². The Morgan fingerprint density at radius 2 is 1.72 bits per heavy atom. The quantitative estimate of drug-likeness (QED) is 0.555. The van der Waals surface area contributed by atoms with Crippen molar-refractivity contribution in [3.63, 3.8) is 0 Å². The van der Waals surface area contributed by atoms with E-state index in [9.17, 15) is 19.2 Å². The molecule has 0 saturated carbocycles. The highest BCUT2D eigenvalue weighted by Crippen LogP contribution is 2.19. The van der Waals surface area contributed by atoms with Crippen molar-refractivity contribution in [2.45, 2.75) is 38.5 Å². The smallest absolute Gasteiger partial charge is 0.305 e. The number of aliphatic carboxylic acids is 1. The molecule has 8 nitrogen and oxygen atoms in total. The minimum Gasteiger partial charge on any atom is -0.481 e. The summed E-state index contributed by atoms with van der Waals surface area (Å²) in [6.45, 7) is 0.0355. The molecule has 0 spiro atoms. The van der Waals surface area contributed by atoms with E-state index in [1.54, 1.807) is 18.2 Å². The van der Waals surface area contributed by atoms with Gasteiger partial charge in [0.25, 0.3) is 17.4 Å². The van der Waals surface area contributed by atoms with Crippen molar-refractivity contribution in [1.29, 1.82) is 0 Å². The maximum atomic E-state index is 12.6. The van der Waals surface area contributed by atoms with Crippen molar-refractivity contribution in [1.82, 2.24) is 10.3 Å². The summed E-state index contributed by atoms with van der Waals surface area (Å²) in [6, 6.07) is 7.84. The van der Waals surface area contributed by atoms with Crippen molar-refractivity contribution in [3.05, 3.63) is 63.1 Å². The summed E-state index contributed by atoms with van der Waals surface area (Å²) in [5, 5.41) is 13.8. The van der Waals surface area contributed by atoms with Gasteiger partial charge in [-0.2, -0.15) is 0 Å². The van der Waals surface area contributed by atoms with Gasteiger partial charge in [0.05, 0.1) is 6.42 Å². The van der Waals surface area contributed by atoms with Crippen molar-refractivity contribution in [2.24, 2.45) is 0 Å². The number of carbonyl (C=O) groups excluding carboxylic acids is 2. The van der Waals surface area contributed by atoms with Crippen LogP contribution in [0.25, 0.3) is 0 Å². The molecule has 1 aromatic heterocycles. The first-order valence-electron chi connectivity index (χ1n) is 9.60. The molecule has 1 aromatic carbocycles. The summed E-state index contributed by atoms with van der Waals surface area (Å²) in [6.07, 6.45) is 4.69. The molecule has 0 unspecified atom stereocenters. The standard InChI is InChI=1S/C21H23N3O5/c25-18(26)10-11-22-19(27)13-6-8-15(9-7-13)23-20(28)16-12-14-4-2-1-3-5-17(14)24-21(16)29/h6-9,12H,1-5,10-11H2,(H,22,27)(H,23,28)(H,24,29)(H,25,26). The SMILES string of the molecule is O=C(O)CCNC(=O)c1ccc(NC(=O)c2cc3c([nH]c2=O)CCCCC3)cc1. The van der Waals surface area contributed by atoms with E-state index >= 15 is 0 Å². The van der Waals surface area contributed by atoms with Gasteiger partial charge in [-0.15, -0.1) is 0 Å². The molecular formula is C21H23N3O5. The molecule has 0 saturated heterocycles. The average Bonchev–Trinajstić information content (AvgIpc) is 2.92. The van der Waals surface area contributed by atoms with Gasteiger partial charge in [0.15, 0.2) is 0 Å². The number of amides is 2. The van der Waals surface area contributed by atoms with Crippen molar-refractivity contribution >= 4 is 23.5 Å². The monoisotopic (exact) mass is 397 g/mol. The number of pyridine rings is 1. The van der Waals surface area contributed by atoms with Gasteiger partial charge in [0, 0.05) is 23.5 Å². The number of aromatic nitrogens is 1. The second kappa shape index (κ2) is 9.18. The Morgan fingerprint density at radius 3 is 2.45 bits per heavy atom. The van der Waals surface area contributed by atoms with Crippen molar-refractivity contribution in [3.8, 4) is 0 Å². The van der Waals surface area contributed by atoms with Crippen molar-refractivity contribution in [2.75, 3.05) is 11.9 Å². The lowest BCUT2D eigenvalue weighted by Crippen LogP contribution is -2.26. The van der Waals surface area contributed by atoms with Gasteiger partial charge in [0.1, 0.15) is 5.56 Å². The predicted molar refractivity (Wildman–Crippen MR) is 107 cm³/mol. The molecule has 1 heterocycles. The number of aryl methyl sites for hydroxylation is 2. The molecule has 2 aromatic rings. The maximum Gasteiger partial charge on any atom is 0.305 e. The third kappa shape index (κ3) is 5.31. The topological polar surface area (TPSA) is 128 Å². The molecule has 2 amide bonds. The van der Waals surface area contributed by atoms with E-state index in [2.05, 4.69) is 15.6 Å². The minimum atomic E-state index is -0.990. The van der Waals surface area contributed by atoms with E-state index in [-0.39, 0.29) is 18.5 Å². The van der Waals surface area contributed by atoms with E-state index in [1.807, 2.05) is 0 Å². The Hall–Kier alpha value is -3.42. The average molecular weight is 397 g/mol. The van der Waals surface area contributed by atoms with Gasteiger partial charge >= 0.3 is 5.97 Å². The van der Waals surface area contributed by atoms with Crippen LogP contribution in [0, 0.1) is 0 Å². The highest BCUT2D eigenvalue weighted by molar-refractivity contribution is 6.04. The largest absolute Gasteiger partial charge is 0.481 e. The van der Waals surface area contributed by atoms with Gasteiger partial charge < -0.3 is 20.7 Å². The third-order valence-corrected chi connectivity index (χ3v) is 4.86. The van der Waals surface area contributed by atoms with Gasteiger partial charge in [-0.25, -0.2) is 0 Å². The third-order valence-electron chi connectivity index (χ3n) is 4.86. The number of rotatable bonds is 6. The summed E-state index contributed by atoms with van der Waals surface area (Å²) in [5.41, 5.74) is 2.39. The zero-order chi connectivity index (χ0) is 20.8. The molecule has 1 aliphatic carbocycles. The minimum absolute atomic E-state index is 0.0355. The van der Waals surface area contributed by atoms with Crippen LogP contribution < -0.4 is 16.2 Å². The lowest BCUT2D eigenvalue weighted by atomic mass is 10.1. The van der Waals surface area contributed by atoms with E-state index in [0.717, 1.165) is 43.4 Å². The van der Waals surface area contributed by atoms with E-state index in [1.165, 1.54) is 12.1 Å². The Kier molecular flexibility index (Phi) is 6.43. The van der Waals surface area contributed by atoms with Crippen LogP contribution in [0.5, 0.6) is 0 Å². The number of hydrogen-bond acceptors (Lipinski definition) is 4. The number of aromatic amines is 1. The van der Waals surface area contributed by atoms with Gasteiger partial charge in [-0.1, -0.05) is 6.42 Å². The molecule has 4 N–H and O–H groups in total. The molecule has 0 aliphatic heterocycles. The number of carboxylic acid groups (broad SMARTS) is 1. The molecule has 8 heteroatoms. The van der Waals surface area contributed by atoms with Crippen LogP contribution in [0.1, 0.15) is 57.7 Å². The Labute approximate surface area is 167 Å². The molecule has 3 rings (SSSR count). The van der Waals surface area contributed by atoms with Crippen molar-refractivity contribution < 1.29 is 19.5 Å². The fraction of sp³-hybridized carbons (Fsp3) is 0.333. The summed E-state index contributed by atoms with van der Waals surface area (Å²) < 4.78 is 0. The summed E-state index contributed by atoms with van der Waals surface area (Å²) in [4.78, 5) is 50.2. The highest BCUT2D eigenvalue weighted by atomic mass is 16.4. The molecule has 0 bridgehead atoms. The normalized spacial score (nSPS) is 13.1. The number of H-pyrrole nitrogens is 1. The summed E-state index contributed by atoms with van der Waals surface area (Å²) in [5.74, 6) is -1.89. The number of fused-ring (bicyclic) bond motifs is 1. The fourth-order valence-electron chi connectivity index (χ4n) is 3.31. The van der Waals surface area contributed by atoms with Gasteiger partial charge in [-0.05, 0) is 61.6 Å². The van der Waals surface area contributed by atoms with Gasteiger partial charge in [0.2, 0.25) is 0 Å². The lowest BCUT2D eigenvalue weighted by molar-refractivity contribution is -0.136. The summed E-state index contributed by atoms with van der Waals surface area (Å²) >= 11 is 0. The Bertz CT molecular complexity index is 979. The highest BCUT2D eigenvalue weighted by Gasteiger charge is 2.17. The number of benzene rings is 1. The van der Waals surface area contributed by atoms with Crippen LogP contribution in [0.3, 0.4) is 0 Å². The Morgan fingerprint density at radius 1 is 1.00 bits per heavy atom. The molecule has 0 fully saturated rings. The van der Waals surface area contributed by atoms with E-state index < -0.39 is 23.3 Å². The number of carbonyl (C=O) groups is 3. The maximum absolute atomic E-state index is 12.6. The number of nitrogens with one attached hydrogen (secondary N) is 3. The fourth-order valence-corrected chi connectivity index (χ4v) is 3.31. The lowest BCUT2D eigenvalue weighted by Gasteiger charge is -2.10. The summed E-state index contributed by atoms with van der Waals surface area (Å²) in [7, 11) is 0. The van der Waals surface area contributed by atoms with Gasteiger partial charge in [-0.3, -0.25) is 19.2 Å². The molecule has 0 radical (unpaired) electrons. The van der Waals surface area contributed by atoms with Crippen LogP contribution in [0.2, 0.25) is 0 Å². The zero-order valence-electron chi connectivity index (χ0n) is 15.9. The second-order valence-corrected chi connectivity index (χ2v) is 7.01. The van der Waals surface area contributed by atoms with Crippen LogP contribution >= 0.6 is 0 Å². The van der Waals surface area contributed by atoms with Crippen LogP contribution in [0.15, 0.2) is 35.1 Å². The first-order valence-corrected chi connectivity index (χ1v) is 9.60. The van der Waals surface area contributed by atoms with Crippen LogP contribution in [0.4, 0.5) is 5.69 Å². The molecule has 29 heavy (non-hydrogen) atoms.